The first-order valence-corrected chi connectivity index (χ1v) is 10.3. The lowest BCUT2D eigenvalue weighted by Gasteiger charge is -2.04. The second kappa shape index (κ2) is 7.56. The van der Waals surface area contributed by atoms with E-state index in [9.17, 15) is 8.42 Å². The van der Waals surface area contributed by atoms with Crippen molar-refractivity contribution in [1.29, 1.82) is 0 Å². The van der Waals surface area contributed by atoms with Crippen molar-refractivity contribution in [3.63, 3.8) is 0 Å². The first-order valence-electron chi connectivity index (χ1n) is 8.39. The molecule has 9 nitrogen and oxygen atoms in total. The van der Waals surface area contributed by atoms with E-state index in [2.05, 4.69) is 30.1 Å². The van der Waals surface area contributed by atoms with Gasteiger partial charge in [0.15, 0.2) is 17.1 Å². The van der Waals surface area contributed by atoms with Crippen LogP contribution < -0.4 is 10.0 Å². The first kappa shape index (κ1) is 19.8. The molecule has 0 saturated carbocycles. The second-order valence-electron chi connectivity index (χ2n) is 6.23. The molecule has 3 heterocycles. The Balaban J connectivity index is 0.00000225. The summed E-state index contributed by atoms with van der Waals surface area (Å²) in [6.07, 6.45) is 3.37. The molecule has 0 aliphatic rings. The van der Waals surface area contributed by atoms with Gasteiger partial charge in [0.25, 0.3) is 0 Å². The summed E-state index contributed by atoms with van der Waals surface area (Å²) in [5, 5.41) is 7.71. The quantitative estimate of drug-likeness (QED) is 0.455. The van der Waals surface area contributed by atoms with E-state index >= 15 is 0 Å². The van der Waals surface area contributed by atoms with Gasteiger partial charge in [-0.3, -0.25) is 0 Å². The zero-order chi connectivity index (χ0) is 19.0. The molecule has 0 bridgehead atoms. The average molecular weight is 401 g/mol. The van der Waals surface area contributed by atoms with Crippen LogP contribution in [0.1, 0.15) is 13.0 Å². The van der Waals surface area contributed by atoms with Crippen molar-refractivity contribution in [3.05, 3.63) is 42.2 Å². The molecule has 0 fully saturated rings. The fourth-order valence-corrected chi connectivity index (χ4v) is 3.46. The van der Waals surface area contributed by atoms with Crippen LogP contribution in [-0.2, 0) is 16.4 Å². The van der Waals surface area contributed by atoms with Crippen LogP contribution in [0.25, 0.3) is 28.1 Å². The SMILES string of the molecule is C.CNc1nc2cc(-c3cccc(CCNS(C)(=O)=O)c3)nn2c2nc[nH]c12. The van der Waals surface area contributed by atoms with E-state index in [0.29, 0.717) is 30.1 Å². The zero-order valence-corrected chi connectivity index (χ0v) is 15.7. The number of benzene rings is 1. The highest BCUT2D eigenvalue weighted by molar-refractivity contribution is 7.88. The maximum absolute atomic E-state index is 11.2. The van der Waals surface area contributed by atoms with Crippen LogP contribution >= 0.6 is 0 Å². The molecule has 0 unspecified atom stereocenters. The lowest BCUT2D eigenvalue weighted by atomic mass is 10.1. The molecular weight excluding hydrogens is 378 g/mol. The molecule has 148 valence electrons. The molecule has 1 aromatic carbocycles. The minimum absolute atomic E-state index is 0. The van der Waals surface area contributed by atoms with Crippen molar-refractivity contribution in [2.24, 2.45) is 0 Å². The Kier molecular flexibility index (Phi) is 5.34. The van der Waals surface area contributed by atoms with E-state index in [1.807, 2.05) is 37.4 Å². The third kappa shape index (κ3) is 3.82. The number of imidazole rings is 1. The van der Waals surface area contributed by atoms with Crippen molar-refractivity contribution in [3.8, 4) is 11.3 Å². The number of sulfonamides is 1. The predicted octanol–water partition coefficient (Wildman–Crippen LogP) is 2.04. The number of nitrogens with one attached hydrogen (secondary N) is 3. The molecule has 0 atom stereocenters. The minimum atomic E-state index is -3.19. The fourth-order valence-electron chi connectivity index (χ4n) is 2.99. The minimum Gasteiger partial charge on any atom is -0.371 e. The van der Waals surface area contributed by atoms with Gasteiger partial charge in [0, 0.05) is 25.2 Å². The van der Waals surface area contributed by atoms with E-state index in [-0.39, 0.29) is 7.43 Å². The Hall–Kier alpha value is -2.98. The Morgan fingerprint density at radius 3 is 2.82 bits per heavy atom. The Bertz CT molecular complexity index is 1230. The number of aromatic amines is 1. The average Bonchev–Trinajstić information content (AvgIpc) is 3.26. The van der Waals surface area contributed by atoms with Gasteiger partial charge in [-0.05, 0) is 18.1 Å². The summed E-state index contributed by atoms with van der Waals surface area (Å²) >= 11 is 0. The normalized spacial score (nSPS) is 11.6. The topological polar surface area (TPSA) is 117 Å². The van der Waals surface area contributed by atoms with Crippen LogP contribution in [0.15, 0.2) is 36.7 Å². The summed E-state index contributed by atoms with van der Waals surface area (Å²) in [7, 11) is -1.38. The number of aromatic nitrogens is 5. The number of rotatable bonds is 6. The van der Waals surface area contributed by atoms with Crippen molar-refractivity contribution in [2.75, 3.05) is 25.2 Å². The van der Waals surface area contributed by atoms with E-state index in [4.69, 9.17) is 0 Å². The van der Waals surface area contributed by atoms with E-state index in [0.717, 1.165) is 28.6 Å². The Morgan fingerprint density at radius 1 is 1.25 bits per heavy atom. The van der Waals surface area contributed by atoms with Gasteiger partial charge in [0.1, 0.15) is 5.52 Å². The van der Waals surface area contributed by atoms with Crippen LogP contribution in [-0.4, -0.2) is 52.8 Å². The maximum Gasteiger partial charge on any atom is 0.208 e. The molecule has 4 rings (SSSR count). The summed E-state index contributed by atoms with van der Waals surface area (Å²) in [5.41, 5.74) is 4.92. The molecular formula is C18H23N7O2S. The van der Waals surface area contributed by atoms with Gasteiger partial charge >= 0.3 is 0 Å². The number of fused-ring (bicyclic) bond motifs is 3. The molecule has 0 aliphatic carbocycles. The standard InChI is InChI=1S/C17H19N7O2S.CH4/c1-18-16-15-17(20-10-19-15)24-14(22-16)9-13(23-24)12-5-3-4-11(8-12)6-7-21-27(2,25)26;/h3-5,8-10,21H,6-7H2,1-2H3,(H,18,22)(H,19,20);1H4. The van der Waals surface area contributed by atoms with Crippen LogP contribution in [0.5, 0.6) is 0 Å². The van der Waals surface area contributed by atoms with Crippen LogP contribution in [0.3, 0.4) is 0 Å². The predicted molar refractivity (Wildman–Crippen MR) is 111 cm³/mol. The number of anilines is 1. The van der Waals surface area contributed by atoms with E-state index in [1.165, 1.54) is 0 Å². The van der Waals surface area contributed by atoms with Gasteiger partial charge < -0.3 is 10.3 Å². The molecule has 4 aromatic rings. The van der Waals surface area contributed by atoms with Crippen molar-refractivity contribution in [2.45, 2.75) is 13.8 Å². The smallest absolute Gasteiger partial charge is 0.208 e. The summed E-state index contributed by atoms with van der Waals surface area (Å²) in [6.45, 7) is 0.356. The monoisotopic (exact) mass is 401 g/mol. The molecule has 3 N–H and O–H groups in total. The molecule has 0 amide bonds. The zero-order valence-electron chi connectivity index (χ0n) is 14.9. The highest BCUT2D eigenvalue weighted by Gasteiger charge is 2.13. The van der Waals surface area contributed by atoms with Gasteiger partial charge in [-0.25, -0.2) is 23.1 Å². The highest BCUT2D eigenvalue weighted by atomic mass is 32.2. The maximum atomic E-state index is 11.2. The summed E-state index contributed by atoms with van der Waals surface area (Å²) < 4.78 is 26.6. The molecule has 0 spiro atoms. The van der Waals surface area contributed by atoms with Crippen molar-refractivity contribution >= 4 is 32.7 Å². The van der Waals surface area contributed by atoms with E-state index < -0.39 is 10.0 Å². The lowest BCUT2D eigenvalue weighted by molar-refractivity contribution is 0.588. The van der Waals surface area contributed by atoms with E-state index in [1.54, 1.807) is 10.8 Å². The van der Waals surface area contributed by atoms with Crippen molar-refractivity contribution < 1.29 is 8.42 Å². The third-order valence-corrected chi connectivity index (χ3v) is 4.94. The van der Waals surface area contributed by atoms with Crippen LogP contribution in [0.4, 0.5) is 5.82 Å². The lowest BCUT2D eigenvalue weighted by Crippen LogP contribution is -2.24. The molecule has 0 aliphatic heterocycles. The molecule has 3 aromatic heterocycles. The molecule has 10 heteroatoms. The van der Waals surface area contributed by atoms with Gasteiger partial charge in [-0.15, -0.1) is 0 Å². The van der Waals surface area contributed by atoms with Crippen molar-refractivity contribution in [1.82, 2.24) is 29.3 Å². The van der Waals surface area contributed by atoms with Gasteiger partial charge in [-0.2, -0.15) is 9.61 Å². The highest BCUT2D eigenvalue weighted by Crippen LogP contribution is 2.25. The Labute approximate surface area is 163 Å². The Morgan fingerprint density at radius 2 is 2.07 bits per heavy atom. The van der Waals surface area contributed by atoms with Crippen LogP contribution in [0, 0.1) is 0 Å². The largest absolute Gasteiger partial charge is 0.371 e. The summed E-state index contributed by atoms with van der Waals surface area (Å²) in [6, 6.07) is 9.78. The fraction of sp³-hybridized carbons (Fsp3) is 0.278. The summed E-state index contributed by atoms with van der Waals surface area (Å²) in [4.78, 5) is 12.0. The molecule has 0 radical (unpaired) electrons. The number of H-pyrrole nitrogens is 1. The third-order valence-electron chi connectivity index (χ3n) is 4.21. The number of hydrogen-bond acceptors (Lipinski definition) is 6. The molecule has 0 saturated heterocycles. The molecule has 28 heavy (non-hydrogen) atoms. The number of nitrogens with zero attached hydrogens (tertiary/aromatic N) is 4. The second-order valence-corrected chi connectivity index (χ2v) is 8.06. The van der Waals surface area contributed by atoms with Crippen LogP contribution in [0.2, 0.25) is 0 Å². The van der Waals surface area contributed by atoms with Gasteiger partial charge in [-0.1, -0.05) is 25.6 Å². The first-order chi connectivity index (χ1) is 12.9. The number of hydrogen-bond donors (Lipinski definition) is 3. The van der Waals surface area contributed by atoms with Gasteiger partial charge in [0.05, 0.1) is 18.3 Å². The summed E-state index contributed by atoms with van der Waals surface area (Å²) in [5.74, 6) is 0.710. The van der Waals surface area contributed by atoms with Gasteiger partial charge in [0.2, 0.25) is 10.0 Å².